The Labute approximate surface area is 408 Å². The van der Waals surface area contributed by atoms with E-state index in [4.69, 9.17) is 44.7 Å². The lowest BCUT2D eigenvalue weighted by molar-refractivity contribution is -0.141. The van der Waals surface area contributed by atoms with E-state index >= 15 is 0 Å². The number of aromatic hydroxyl groups is 1. The molecule has 1 fully saturated rings. The number of halogens is 3. The van der Waals surface area contributed by atoms with E-state index in [0.717, 1.165) is 19.1 Å². The molecule has 1 heterocycles. The van der Waals surface area contributed by atoms with Crippen LogP contribution in [0.4, 0.5) is 0 Å². The van der Waals surface area contributed by atoms with Crippen LogP contribution in [-0.4, -0.2) is 148 Å². The van der Waals surface area contributed by atoms with Crippen LogP contribution in [0, 0.1) is 0 Å². The molecule has 1 aliphatic heterocycles. The molecule has 1 saturated heterocycles. The van der Waals surface area contributed by atoms with Gasteiger partial charge in [0.05, 0.1) is 19.4 Å². The fourth-order valence-corrected chi connectivity index (χ4v) is 7.61. The largest absolute Gasteiger partial charge is 0.508 e. The SMILES string of the molecule is CC(=O)N[C@@H](CC(=O)O)C(=O)N[C@@H](Cc1ccc(OS(=O)(=O)OCC(Cl)(Cl)Cl)cc1)C(=O)N[C@@H](CC(=O)O)C(=O)N[C@@H](Cc1ccc(O)cc1)C(=O)NCC(=O)N[C@@H](C)C(=O)N1CCC[C@H]1C(N)=O. The van der Waals surface area contributed by atoms with Crippen molar-refractivity contribution in [3.05, 3.63) is 59.7 Å². The van der Waals surface area contributed by atoms with E-state index in [9.17, 15) is 71.7 Å². The number of rotatable bonds is 25. The molecule has 0 bridgehead atoms. The second-order valence-corrected chi connectivity index (χ2v) is 19.1. The summed E-state index contributed by atoms with van der Waals surface area (Å²) in [4.78, 5) is 129. The lowest BCUT2D eigenvalue weighted by atomic mass is 10.0. The van der Waals surface area contributed by atoms with Crippen molar-refractivity contribution in [2.75, 3.05) is 19.7 Å². The Morgan fingerprint density at radius 1 is 0.754 bits per heavy atom. The van der Waals surface area contributed by atoms with Crippen molar-refractivity contribution in [3.63, 3.8) is 0 Å². The summed E-state index contributed by atoms with van der Waals surface area (Å²) in [5, 5.41) is 42.6. The first-order valence-electron chi connectivity index (χ1n) is 20.4. The summed E-state index contributed by atoms with van der Waals surface area (Å²) in [7, 11) is -4.77. The molecule has 0 aliphatic carbocycles. The standard InChI is InChI=1S/C40H49Cl3N8O17S/c1-20(39(64)51-13-3-4-30(51)34(44)59)46-31(54)18-45-35(60)26(14-22-5-9-24(53)10-6-22)48-38(63)29(17-33(57)58)50-36(61)27(49-37(62)28(16-32(55)56)47-21(2)52)15-23-7-11-25(12-8-23)68-69(65,66)67-19-40(41,42)43/h5-12,20,26-30,53H,3-4,13-19H2,1-2H3,(H2,44,59)(H,45,60)(H,46,54)(H,47,52)(H,48,63)(H,49,62)(H,50,61)(H,55,56)(H,57,58)/t20-,26-,27-,28-,29-,30-/m0/s1. The average Bonchev–Trinajstić information content (AvgIpc) is 3.75. The van der Waals surface area contributed by atoms with Crippen LogP contribution in [-0.2, 0) is 75.4 Å². The van der Waals surface area contributed by atoms with Crippen molar-refractivity contribution in [2.24, 2.45) is 5.73 Å². The molecule has 0 saturated carbocycles. The summed E-state index contributed by atoms with van der Waals surface area (Å²) < 4.78 is 31.6. The molecule has 1 aliphatic rings. The fourth-order valence-electron chi connectivity index (χ4n) is 6.53. The van der Waals surface area contributed by atoms with Gasteiger partial charge in [0, 0.05) is 26.3 Å². The summed E-state index contributed by atoms with van der Waals surface area (Å²) in [5.41, 5.74) is 5.89. The average molecular weight is 1050 g/mol. The van der Waals surface area contributed by atoms with E-state index in [1.807, 2.05) is 0 Å². The first-order valence-corrected chi connectivity index (χ1v) is 22.9. The highest BCUT2D eigenvalue weighted by Gasteiger charge is 2.36. The summed E-state index contributed by atoms with van der Waals surface area (Å²) in [6.45, 7) is 0.911. The lowest BCUT2D eigenvalue weighted by Crippen LogP contribution is -2.59. The molecule has 2 aromatic carbocycles. The number of hydrogen-bond acceptors (Lipinski definition) is 15. The molecular formula is C40H49Cl3N8O17S. The van der Waals surface area contributed by atoms with E-state index in [0.29, 0.717) is 18.4 Å². The summed E-state index contributed by atoms with van der Waals surface area (Å²) in [5.74, 6) is -11.4. The molecule has 0 aromatic heterocycles. The van der Waals surface area contributed by atoms with Gasteiger partial charge in [-0.1, -0.05) is 59.1 Å². The van der Waals surface area contributed by atoms with Crippen LogP contribution >= 0.6 is 34.8 Å². The first kappa shape index (κ1) is 56.8. The number of alkyl halides is 3. The van der Waals surface area contributed by atoms with Crippen LogP contribution in [0.3, 0.4) is 0 Å². The van der Waals surface area contributed by atoms with Gasteiger partial charge in [-0.2, -0.15) is 8.42 Å². The van der Waals surface area contributed by atoms with Crippen molar-refractivity contribution >= 4 is 104 Å². The molecule has 0 spiro atoms. The minimum absolute atomic E-state index is 0.148. The number of nitrogens with one attached hydrogen (secondary N) is 6. The van der Waals surface area contributed by atoms with E-state index < -0.39 is 142 Å². The molecule has 69 heavy (non-hydrogen) atoms. The first-order chi connectivity index (χ1) is 32.1. The molecule has 378 valence electrons. The Bertz CT molecular complexity index is 2340. The number of primary amides is 1. The zero-order chi connectivity index (χ0) is 51.8. The van der Waals surface area contributed by atoms with Crippen molar-refractivity contribution in [2.45, 2.75) is 92.4 Å². The molecular weight excluding hydrogens is 1000 g/mol. The Balaban J connectivity index is 1.87. The fraction of sp³-hybridized carbons (Fsp3) is 0.450. The highest BCUT2D eigenvalue weighted by atomic mass is 35.6. The highest BCUT2D eigenvalue weighted by Crippen LogP contribution is 2.27. The minimum atomic E-state index is -4.77. The van der Waals surface area contributed by atoms with Crippen molar-refractivity contribution in [3.8, 4) is 11.5 Å². The van der Waals surface area contributed by atoms with Gasteiger partial charge in [-0.3, -0.25) is 47.9 Å². The summed E-state index contributed by atoms with van der Waals surface area (Å²) in [6.07, 6.45) is -2.07. The molecule has 3 rings (SSSR count). The second-order valence-electron chi connectivity index (χ2n) is 15.3. The van der Waals surface area contributed by atoms with Crippen LogP contribution in [0.25, 0.3) is 0 Å². The Morgan fingerprint density at radius 3 is 1.72 bits per heavy atom. The van der Waals surface area contributed by atoms with Gasteiger partial charge < -0.3 is 62.0 Å². The molecule has 25 nitrogen and oxygen atoms in total. The van der Waals surface area contributed by atoms with Gasteiger partial charge in [0.1, 0.15) is 54.4 Å². The van der Waals surface area contributed by atoms with Gasteiger partial charge >= 0.3 is 22.3 Å². The van der Waals surface area contributed by atoms with Gasteiger partial charge in [-0.15, -0.1) is 0 Å². The molecule has 29 heteroatoms. The third-order valence-corrected chi connectivity index (χ3v) is 10.8. The Kier molecular flexibility index (Phi) is 21.2. The van der Waals surface area contributed by atoms with Crippen molar-refractivity contribution < 1.29 is 80.0 Å². The van der Waals surface area contributed by atoms with Crippen LogP contribution in [0.15, 0.2) is 48.5 Å². The third kappa shape index (κ3) is 20.0. The monoisotopic (exact) mass is 1050 g/mol. The van der Waals surface area contributed by atoms with Gasteiger partial charge in [0.25, 0.3) is 0 Å². The predicted octanol–water partition coefficient (Wildman–Crippen LogP) is -1.81. The summed E-state index contributed by atoms with van der Waals surface area (Å²) >= 11 is 16.6. The van der Waals surface area contributed by atoms with Crippen LogP contribution in [0.5, 0.6) is 11.5 Å². The normalized spacial score (nSPS) is 15.7. The number of phenolic OH excluding ortho intramolecular Hbond substituents is 1. The zero-order valence-corrected chi connectivity index (χ0v) is 39.7. The zero-order valence-electron chi connectivity index (χ0n) is 36.6. The number of carboxylic acids is 2. The molecule has 6 atom stereocenters. The van der Waals surface area contributed by atoms with E-state index in [2.05, 4.69) is 36.1 Å². The van der Waals surface area contributed by atoms with Crippen molar-refractivity contribution in [1.29, 1.82) is 0 Å². The van der Waals surface area contributed by atoms with E-state index in [1.165, 1.54) is 48.2 Å². The smallest absolute Gasteiger partial charge is 0.449 e. The maximum atomic E-state index is 14.0. The number of amides is 8. The molecule has 11 N–H and O–H groups in total. The number of nitrogens with two attached hydrogens (primary N) is 1. The maximum Gasteiger partial charge on any atom is 0.449 e. The molecule has 0 radical (unpaired) electrons. The van der Waals surface area contributed by atoms with Crippen LogP contribution in [0.2, 0.25) is 0 Å². The number of carboxylic acid groups (broad SMARTS) is 2. The van der Waals surface area contributed by atoms with Gasteiger partial charge in [0.2, 0.25) is 51.0 Å². The number of carbonyl (C=O) groups is 10. The maximum absolute atomic E-state index is 14.0. The minimum Gasteiger partial charge on any atom is -0.508 e. The lowest BCUT2D eigenvalue weighted by Gasteiger charge is -2.26. The second kappa shape index (κ2) is 25.8. The highest BCUT2D eigenvalue weighted by molar-refractivity contribution is 7.82. The van der Waals surface area contributed by atoms with Crippen LogP contribution < -0.4 is 41.8 Å². The molecule has 2 aromatic rings. The topological polar surface area (TPSA) is 385 Å². The molecule has 0 unspecified atom stereocenters. The Morgan fingerprint density at radius 2 is 1.23 bits per heavy atom. The Hall–Kier alpha value is -6.48. The third-order valence-electron chi connectivity index (χ3n) is 9.69. The van der Waals surface area contributed by atoms with Gasteiger partial charge in [-0.25, -0.2) is 4.18 Å². The number of carbonyl (C=O) groups excluding carboxylic acids is 8. The number of likely N-dealkylation sites (tertiary alicyclic amines) is 1. The number of aliphatic carboxylic acids is 2. The van der Waals surface area contributed by atoms with E-state index in [1.54, 1.807) is 0 Å². The van der Waals surface area contributed by atoms with Crippen LogP contribution in [0.1, 0.15) is 50.7 Å². The number of hydrogen-bond donors (Lipinski definition) is 10. The van der Waals surface area contributed by atoms with Gasteiger partial charge in [-0.05, 0) is 55.2 Å². The number of benzene rings is 2. The molecule has 8 amide bonds. The number of nitrogens with zero attached hydrogens (tertiary/aromatic N) is 1. The predicted molar refractivity (Wildman–Crippen MR) is 240 cm³/mol. The van der Waals surface area contributed by atoms with Gasteiger partial charge in [0.15, 0.2) is 0 Å². The number of phenols is 1. The quantitative estimate of drug-likeness (QED) is 0.0490. The van der Waals surface area contributed by atoms with E-state index in [-0.39, 0.29) is 30.0 Å². The van der Waals surface area contributed by atoms with Crippen molar-refractivity contribution in [1.82, 2.24) is 36.8 Å². The summed E-state index contributed by atoms with van der Waals surface area (Å²) in [6, 6.07) is 0.770.